The molecule has 0 aliphatic heterocycles. The maximum atomic E-state index is 13.7. The smallest absolute Gasteiger partial charge is 0.416 e. The second kappa shape index (κ2) is 9.41. The number of halogens is 4. The lowest BCUT2D eigenvalue weighted by molar-refractivity contribution is -0.137. The van der Waals surface area contributed by atoms with Crippen molar-refractivity contribution in [2.75, 3.05) is 32.8 Å². The molecule has 0 saturated heterocycles. The number of alkyl halides is 3. The molecule has 0 saturated carbocycles. The zero-order valence-electron chi connectivity index (χ0n) is 15.2. The van der Waals surface area contributed by atoms with Gasteiger partial charge in [0, 0.05) is 7.11 Å². The predicted molar refractivity (Wildman–Crippen MR) is 94.1 cm³/mol. The Kier molecular flexibility index (Phi) is 7.22. The largest absolute Gasteiger partial charge is 0.494 e. The summed E-state index contributed by atoms with van der Waals surface area (Å²) in [7, 11) is 2.76. The van der Waals surface area contributed by atoms with Gasteiger partial charge in [0.05, 0.1) is 31.4 Å². The van der Waals surface area contributed by atoms with Crippen molar-refractivity contribution in [3.05, 3.63) is 53.3 Å². The third-order valence-corrected chi connectivity index (χ3v) is 3.71. The summed E-state index contributed by atoms with van der Waals surface area (Å²) < 4.78 is 67.7. The molecule has 2 aromatic rings. The van der Waals surface area contributed by atoms with Gasteiger partial charge in [0.15, 0.2) is 11.6 Å². The fraction of sp³-hybridized carbons (Fsp3) is 0.316. The van der Waals surface area contributed by atoms with Gasteiger partial charge in [-0.1, -0.05) is 6.07 Å². The monoisotopic (exact) mass is 401 g/mol. The second-order valence-electron chi connectivity index (χ2n) is 5.74. The summed E-state index contributed by atoms with van der Waals surface area (Å²) in [5.74, 6) is -1.17. The topological polar surface area (TPSA) is 56.8 Å². The van der Waals surface area contributed by atoms with E-state index < -0.39 is 23.5 Å². The number of carbonyl (C=O) groups excluding carboxylic acids is 1. The van der Waals surface area contributed by atoms with Gasteiger partial charge in [0.2, 0.25) is 5.91 Å². The standard InChI is InChI=1S/C19H19F4NO4/c1-26-7-8-28-17-6-4-13(19(21,22)23)11-15(17)24-18(25)10-12-3-5-16(27-2)14(20)9-12/h3-6,9,11H,7-8,10H2,1-2H3,(H,24,25). The normalized spacial score (nSPS) is 11.2. The summed E-state index contributed by atoms with van der Waals surface area (Å²) in [5, 5.41) is 2.39. The molecule has 2 rings (SSSR count). The molecule has 0 fully saturated rings. The van der Waals surface area contributed by atoms with Crippen molar-refractivity contribution in [2.24, 2.45) is 0 Å². The molecule has 28 heavy (non-hydrogen) atoms. The van der Waals surface area contributed by atoms with E-state index in [1.807, 2.05) is 0 Å². The third kappa shape index (κ3) is 5.85. The first-order valence-electron chi connectivity index (χ1n) is 8.20. The molecule has 0 radical (unpaired) electrons. The van der Waals surface area contributed by atoms with Crippen molar-refractivity contribution in [3.8, 4) is 11.5 Å². The molecule has 0 aliphatic carbocycles. The van der Waals surface area contributed by atoms with Gasteiger partial charge in [0.1, 0.15) is 12.4 Å². The first-order chi connectivity index (χ1) is 13.2. The van der Waals surface area contributed by atoms with Gasteiger partial charge < -0.3 is 19.5 Å². The van der Waals surface area contributed by atoms with Crippen LogP contribution in [-0.2, 0) is 22.1 Å². The number of ether oxygens (including phenoxy) is 3. The van der Waals surface area contributed by atoms with Crippen LogP contribution in [0.2, 0.25) is 0 Å². The van der Waals surface area contributed by atoms with Crippen LogP contribution in [0.5, 0.6) is 11.5 Å². The van der Waals surface area contributed by atoms with E-state index in [2.05, 4.69) is 5.32 Å². The number of nitrogens with one attached hydrogen (secondary N) is 1. The van der Waals surface area contributed by atoms with Gasteiger partial charge in [-0.3, -0.25) is 4.79 Å². The van der Waals surface area contributed by atoms with Crippen molar-refractivity contribution in [1.29, 1.82) is 0 Å². The van der Waals surface area contributed by atoms with E-state index in [1.54, 1.807) is 0 Å². The Labute approximate surface area is 159 Å². The highest BCUT2D eigenvalue weighted by atomic mass is 19.4. The summed E-state index contributed by atoms with van der Waals surface area (Å²) in [5.41, 5.74) is -0.730. The molecule has 1 amide bonds. The van der Waals surface area contributed by atoms with Crippen LogP contribution in [0, 0.1) is 5.82 Å². The summed E-state index contributed by atoms with van der Waals surface area (Å²) in [6, 6.07) is 6.75. The summed E-state index contributed by atoms with van der Waals surface area (Å²) in [6.45, 7) is 0.313. The van der Waals surface area contributed by atoms with Gasteiger partial charge in [-0.25, -0.2) is 4.39 Å². The molecule has 0 heterocycles. The number of methoxy groups -OCH3 is 2. The Morgan fingerprint density at radius 2 is 1.75 bits per heavy atom. The first-order valence-corrected chi connectivity index (χ1v) is 8.20. The lowest BCUT2D eigenvalue weighted by atomic mass is 10.1. The van der Waals surface area contributed by atoms with E-state index in [0.717, 1.165) is 24.3 Å². The Balaban J connectivity index is 2.19. The number of amides is 1. The van der Waals surface area contributed by atoms with Crippen LogP contribution in [0.1, 0.15) is 11.1 Å². The maximum absolute atomic E-state index is 13.7. The minimum absolute atomic E-state index is 0.0239. The number of carbonyl (C=O) groups is 1. The van der Waals surface area contributed by atoms with Crippen LogP contribution in [0.25, 0.3) is 0 Å². The second-order valence-corrected chi connectivity index (χ2v) is 5.74. The molecule has 0 unspecified atom stereocenters. The number of hydrogen-bond donors (Lipinski definition) is 1. The lowest BCUT2D eigenvalue weighted by Crippen LogP contribution is -2.17. The third-order valence-electron chi connectivity index (χ3n) is 3.71. The highest BCUT2D eigenvalue weighted by Crippen LogP contribution is 2.35. The summed E-state index contributed by atoms with van der Waals surface area (Å²) in [4.78, 5) is 12.3. The van der Waals surface area contributed by atoms with E-state index in [4.69, 9.17) is 14.2 Å². The molecule has 0 bridgehead atoms. The predicted octanol–water partition coefficient (Wildman–Crippen LogP) is 4.06. The molecule has 152 valence electrons. The highest BCUT2D eigenvalue weighted by Gasteiger charge is 2.31. The number of rotatable bonds is 8. The van der Waals surface area contributed by atoms with Crippen molar-refractivity contribution >= 4 is 11.6 Å². The molecule has 1 N–H and O–H groups in total. The van der Waals surface area contributed by atoms with E-state index >= 15 is 0 Å². The zero-order valence-corrected chi connectivity index (χ0v) is 15.2. The fourth-order valence-electron chi connectivity index (χ4n) is 2.36. The van der Waals surface area contributed by atoms with Gasteiger partial charge >= 0.3 is 6.18 Å². The van der Waals surface area contributed by atoms with E-state index in [9.17, 15) is 22.4 Å². The van der Waals surface area contributed by atoms with Crippen molar-refractivity contribution in [3.63, 3.8) is 0 Å². The van der Waals surface area contributed by atoms with Crippen LogP contribution in [0.3, 0.4) is 0 Å². The number of hydrogen-bond acceptors (Lipinski definition) is 4. The van der Waals surface area contributed by atoms with Crippen LogP contribution in [-0.4, -0.2) is 33.3 Å². The van der Waals surface area contributed by atoms with Gasteiger partial charge in [-0.15, -0.1) is 0 Å². The Bertz CT molecular complexity index is 824. The van der Waals surface area contributed by atoms with E-state index in [-0.39, 0.29) is 36.8 Å². The van der Waals surface area contributed by atoms with Gasteiger partial charge in [-0.05, 0) is 35.9 Å². The van der Waals surface area contributed by atoms with Crippen molar-refractivity contribution < 1.29 is 36.6 Å². The SMILES string of the molecule is COCCOc1ccc(C(F)(F)F)cc1NC(=O)Cc1ccc(OC)c(F)c1. The fourth-order valence-corrected chi connectivity index (χ4v) is 2.36. The van der Waals surface area contributed by atoms with Crippen LogP contribution in [0.15, 0.2) is 36.4 Å². The Hall–Kier alpha value is -2.81. The minimum atomic E-state index is -4.58. The molecular weight excluding hydrogens is 382 g/mol. The van der Waals surface area contributed by atoms with E-state index in [1.165, 1.54) is 26.4 Å². The van der Waals surface area contributed by atoms with Crippen molar-refractivity contribution in [2.45, 2.75) is 12.6 Å². The van der Waals surface area contributed by atoms with Crippen molar-refractivity contribution in [1.82, 2.24) is 0 Å². The molecule has 2 aromatic carbocycles. The first kappa shape index (κ1) is 21.5. The molecule has 0 atom stereocenters. The summed E-state index contributed by atoms with van der Waals surface area (Å²) in [6.07, 6.45) is -4.82. The Morgan fingerprint density at radius 1 is 1.04 bits per heavy atom. The highest BCUT2D eigenvalue weighted by molar-refractivity contribution is 5.93. The molecule has 0 aliphatic rings. The van der Waals surface area contributed by atoms with Gasteiger partial charge in [-0.2, -0.15) is 13.2 Å². The Morgan fingerprint density at radius 3 is 2.36 bits per heavy atom. The van der Waals surface area contributed by atoms with Gasteiger partial charge in [0.25, 0.3) is 0 Å². The molecule has 0 aromatic heterocycles. The zero-order chi connectivity index (χ0) is 20.7. The number of anilines is 1. The summed E-state index contributed by atoms with van der Waals surface area (Å²) >= 11 is 0. The van der Waals surface area contributed by atoms with E-state index in [0.29, 0.717) is 5.56 Å². The molecule has 5 nitrogen and oxygen atoms in total. The number of benzene rings is 2. The minimum Gasteiger partial charge on any atom is -0.494 e. The molecule has 0 spiro atoms. The average Bonchev–Trinajstić information content (AvgIpc) is 2.62. The maximum Gasteiger partial charge on any atom is 0.416 e. The average molecular weight is 401 g/mol. The molecule has 9 heteroatoms. The quantitative estimate of drug-likeness (QED) is 0.536. The lowest BCUT2D eigenvalue weighted by Gasteiger charge is -2.15. The van der Waals surface area contributed by atoms with Crippen LogP contribution >= 0.6 is 0 Å². The van der Waals surface area contributed by atoms with Crippen LogP contribution < -0.4 is 14.8 Å². The van der Waals surface area contributed by atoms with Crippen LogP contribution in [0.4, 0.5) is 23.2 Å². The molecular formula is C19H19F4NO4.